The van der Waals surface area contributed by atoms with Gasteiger partial charge >= 0.3 is 0 Å². The first-order valence-corrected chi connectivity index (χ1v) is 14.6. The molecule has 0 unspecified atom stereocenters. The van der Waals surface area contributed by atoms with Crippen LogP contribution in [0.25, 0.3) is 0 Å². The molecule has 1 aliphatic heterocycles. The second kappa shape index (κ2) is 11.4. The van der Waals surface area contributed by atoms with E-state index >= 15 is 0 Å². The maximum absolute atomic E-state index is 12.1. The number of anilines is 5. The minimum absolute atomic E-state index is 0.0687. The summed E-state index contributed by atoms with van der Waals surface area (Å²) >= 11 is 6.39. The number of hydrogen-bond acceptors (Lipinski definition) is 8. The molecule has 38 heavy (non-hydrogen) atoms. The van der Waals surface area contributed by atoms with Crippen LogP contribution >= 0.6 is 11.6 Å². The molecular formula is C26H33ClN8O2S. The molecule has 0 radical (unpaired) electrons. The number of aryl methyl sites for hydroxylation is 1. The van der Waals surface area contributed by atoms with Crippen LogP contribution in [0.1, 0.15) is 24.0 Å². The number of nitrogens with zero attached hydrogens (tertiary/aromatic N) is 4. The summed E-state index contributed by atoms with van der Waals surface area (Å²) < 4.78 is 29.4. The van der Waals surface area contributed by atoms with Crippen molar-refractivity contribution in [3.8, 4) is 0 Å². The molecule has 2 fully saturated rings. The third-order valence-electron chi connectivity index (χ3n) is 6.65. The smallest absolute Gasteiger partial charge is 0.277 e. The van der Waals surface area contributed by atoms with Crippen LogP contribution in [-0.2, 0) is 16.8 Å². The van der Waals surface area contributed by atoms with Crippen molar-refractivity contribution in [1.82, 2.24) is 24.3 Å². The number of rotatable bonds is 10. The fraction of sp³-hybridized carbons (Fsp3) is 0.385. The molecule has 0 spiro atoms. The average molecular weight is 557 g/mol. The van der Waals surface area contributed by atoms with Gasteiger partial charge in [-0.05, 0) is 68.3 Å². The van der Waals surface area contributed by atoms with Gasteiger partial charge in [-0.2, -0.15) is 22.8 Å². The van der Waals surface area contributed by atoms with Crippen molar-refractivity contribution >= 4 is 50.6 Å². The molecule has 1 saturated carbocycles. The first-order chi connectivity index (χ1) is 18.2. The van der Waals surface area contributed by atoms with E-state index in [9.17, 15) is 8.42 Å². The molecule has 2 aromatic carbocycles. The highest BCUT2D eigenvalue weighted by Gasteiger charge is 2.26. The third kappa shape index (κ3) is 7.12. The van der Waals surface area contributed by atoms with Gasteiger partial charge in [0, 0.05) is 55.8 Å². The first-order valence-electron chi connectivity index (χ1n) is 12.7. The molecule has 0 atom stereocenters. The molecule has 1 aliphatic carbocycles. The zero-order chi connectivity index (χ0) is 26.7. The number of halogens is 1. The molecule has 1 aromatic heterocycles. The molecule has 0 bridgehead atoms. The van der Waals surface area contributed by atoms with Gasteiger partial charge in [0.25, 0.3) is 10.2 Å². The SMILES string of the molecule is Cc1cc(CNS(=O)(=O)NC2CC2)ccc1Nc1nc(Nc2ccc(N3CCN(C)CC3)cc2)ncc1Cl. The molecular weight excluding hydrogens is 524 g/mol. The summed E-state index contributed by atoms with van der Waals surface area (Å²) in [4.78, 5) is 13.6. The summed E-state index contributed by atoms with van der Waals surface area (Å²) in [5.74, 6) is 0.902. The van der Waals surface area contributed by atoms with E-state index in [1.54, 1.807) is 6.20 Å². The lowest BCUT2D eigenvalue weighted by molar-refractivity contribution is 0.313. The number of hydrogen-bond donors (Lipinski definition) is 4. The topological polar surface area (TPSA) is 115 Å². The van der Waals surface area contributed by atoms with Crippen LogP contribution in [-0.4, -0.2) is 62.6 Å². The number of nitrogens with one attached hydrogen (secondary N) is 4. The standard InChI is InChI=1S/C26H33ClN8O2S/c1-18-15-19(16-29-38(36,37)33-21-4-5-21)3-10-24(18)31-25-23(27)17-28-26(32-25)30-20-6-8-22(9-7-20)35-13-11-34(2)12-14-35/h3,6-10,15,17,21,29,33H,4-5,11-14,16H2,1-2H3,(H2,28,30,31,32). The number of piperazine rings is 1. The van der Waals surface area contributed by atoms with Crippen LogP contribution in [0, 0.1) is 6.92 Å². The first kappa shape index (κ1) is 26.6. The summed E-state index contributed by atoms with van der Waals surface area (Å²) in [6.45, 7) is 6.32. The Balaban J connectivity index is 1.21. The fourth-order valence-electron chi connectivity index (χ4n) is 4.21. The van der Waals surface area contributed by atoms with Crippen molar-refractivity contribution in [3.05, 3.63) is 64.8 Å². The van der Waals surface area contributed by atoms with Gasteiger partial charge in [0.05, 0.1) is 6.20 Å². The van der Waals surface area contributed by atoms with Gasteiger partial charge in [-0.1, -0.05) is 23.7 Å². The molecule has 2 aliphatic rings. The molecule has 3 aromatic rings. The van der Waals surface area contributed by atoms with Gasteiger partial charge in [-0.3, -0.25) is 0 Å². The third-order valence-corrected chi connectivity index (χ3v) is 8.09. The van der Waals surface area contributed by atoms with Gasteiger partial charge in [0.15, 0.2) is 5.82 Å². The monoisotopic (exact) mass is 556 g/mol. The zero-order valence-electron chi connectivity index (χ0n) is 21.5. The molecule has 0 amide bonds. The molecule has 12 heteroatoms. The van der Waals surface area contributed by atoms with Gasteiger partial charge < -0.3 is 20.4 Å². The Kier molecular flexibility index (Phi) is 8.01. The van der Waals surface area contributed by atoms with Crippen molar-refractivity contribution < 1.29 is 8.42 Å². The lowest BCUT2D eigenvalue weighted by Gasteiger charge is -2.34. The summed E-state index contributed by atoms with van der Waals surface area (Å²) in [6, 6.07) is 14.0. The van der Waals surface area contributed by atoms with E-state index in [1.165, 1.54) is 5.69 Å². The lowest BCUT2D eigenvalue weighted by Crippen LogP contribution is -2.44. The van der Waals surface area contributed by atoms with Gasteiger partial charge in [0.1, 0.15) is 5.02 Å². The maximum Gasteiger partial charge on any atom is 0.277 e. The van der Waals surface area contributed by atoms with Crippen LogP contribution in [0.4, 0.5) is 28.8 Å². The zero-order valence-corrected chi connectivity index (χ0v) is 23.1. The molecule has 202 valence electrons. The van der Waals surface area contributed by atoms with Crippen LogP contribution in [0.3, 0.4) is 0 Å². The Morgan fingerprint density at radius 3 is 2.45 bits per heavy atom. The summed E-state index contributed by atoms with van der Waals surface area (Å²) in [5, 5.41) is 6.91. The van der Waals surface area contributed by atoms with E-state index < -0.39 is 10.2 Å². The number of benzene rings is 2. The summed E-state index contributed by atoms with van der Waals surface area (Å²) in [5.41, 5.74) is 4.69. The minimum Gasteiger partial charge on any atom is -0.369 e. The molecule has 4 N–H and O–H groups in total. The van der Waals surface area contributed by atoms with E-state index in [-0.39, 0.29) is 12.6 Å². The fourth-order valence-corrected chi connectivity index (χ4v) is 5.46. The largest absolute Gasteiger partial charge is 0.369 e. The highest BCUT2D eigenvalue weighted by molar-refractivity contribution is 7.87. The summed E-state index contributed by atoms with van der Waals surface area (Å²) in [6.07, 6.45) is 3.35. The molecule has 1 saturated heterocycles. The van der Waals surface area contributed by atoms with Crippen molar-refractivity contribution in [2.75, 3.05) is 48.8 Å². The van der Waals surface area contributed by atoms with E-state index in [4.69, 9.17) is 11.6 Å². The number of aromatic nitrogens is 2. The predicted molar refractivity (Wildman–Crippen MR) is 153 cm³/mol. The second-order valence-corrected chi connectivity index (χ2v) is 11.8. The van der Waals surface area contributed by atoms with Gasteiger partial charge in [-0.25, -0.2) is 4.98 Å². The Morgan fingerprint density at radius 1 is 1.03 bits per heavy atom. The van der Waals surface area contributed by atoms with Crippen molar-refractivity contribution in [2.45, 2.75) is 32.4 Å². The van der Waals surface area contributed by atoms with E-state index in [0.717, 1.165) is 61.5 Å². The Labute approximate surface area is 229 Å². The Morgan fingerprint density at radius 2 is 1.76 bits per heavy atom. The normalized spacial score (nSPS) is 16.4. The molecule has 5 rings (SSSR count). The highest BCUT2D eigenvalue weighted by atomic mass is 35.5. The van der Waals surface area contributed by atoms with E-state index in [2.05, 4.69) is 59.0 Å². The van der Waals surface area contributed by atoms with Crippen molar-refractivity contribution in [3.63, 3.8) is 0 Å². The van der Waals surface area contributed by atoms with Crippen LogP contribution in [0.2, 0.25) is 5.02 Å². The molecule has 2 heterocycles. The average Bonchev–Trinajstić information content (AvgIpc) is 3.70. The van der Waals surface area contributed by atoms with Crippen LogP contribution < -0.4 is 25.0 Å². The quantitative estimate of drug-likeness (QED) is 0.298. The van der Waals surface area contributed by atoms with Crippen LogP contribution in [0.5, 0.6) is 0 Å². The Hall–Kier alpha value is -2.96. The second-order valence-electron chi connectivity index (χ2n) is 9.84. The molecule has 10 nitrogen and oxygen atoms in total. The predicted octanol–water partition coefficient (Wildman–Crippen LogP) is 3.76. The van der Waals surface area contributed by atoms with Crippen molar-refractivity contribution in [1.29, 1.82) is 0 Å². The van der Waals surface area contributed by atoms with Crippen molar-refractivity contribution in [2.24, 2.45) is 0 Å². The van der Waals surface area contributed by atoms with Gasteiger partial charge in [0.2, 0.25) is 5.95 Å². The highest BCUT2D eigenvalue weighted by Crippen LogP contribution is 2.28. The van der Waals surface area contributed by atoms with E-state index in [0.29, 0.717) is 16.8 Å². The van der Waals surface area contributed by atoms with E-state index in [1.807, 2.05) is 37.3 Å². The lowest BCUT2D eigenvalue weighted by atomic mass is 10.1. The maximum atomic E-state index is 12.1. The minimum atomic E-state index is -3.50. The number of likely N-dealkylation sites (N-methyl/N-ethyl adjacent to an activating group) is 1. The Bertz CT molecular complexity index is 1370. The summed E-state index contributed by atoms with van der Waals surface area (Å²) in [7, 11) is -1.35. The van der Waals surface area contributed by atoms with Crippen LogP contribution in [0.15, 0.2) is 48.7 Å². The van der Waals surface area contributed by atoms with Gasteiger partial charge in [-0.15, -0.1) is 0 Å².